The van der Waals surface area contributed by atoms with Crippen LogP contribution in [0.1, 0.15) is 38.3 Å². The summed E-state index contributed by atoms with van der Waals surface area (Å²) in [5, 5.41) is 0. The van der Waals surface area contributed by atoms with Crippen LogP contribution in [-0.4, -0.2) is 0 Å². The number of hydrogen-bond donors (Lipinski definition) is 1. The van der Waals surface area contributed by atoms with Crippen molar-refractivity contribution in [1.82, 2.24) is 0 Å². The van der Waals surface area contributed by atoms with E-state index in [-0.39, 0.29) is 24.3 Å². The molecule has 0 aliphatic rings. The first kappa shape index (κ1) is 15.9. The third-order valence-electron chi connectivity index (χ3n) is 2.43. The minimum atomic E-state index is -0.243. The predicted octanol–water partition coefficient (Wildman–Crippen LogP) is 4.45. The van der Waals surface area contributed by atoms with Gasteiger partial charge in [0.25, 0.3) is 0 Å². The Morgan fingerprint density at radius 3 is 2.44 bits per heavy atom. The van der Waals surface area contributed by atoms with E-state index in [9.17, 15) is 4.39 Å². The van der Waals surface area contributed by atoms with Gasteiger partial charge in [-0.3, -0.25) is 0 Å². The molecule has 1 nitrogen and oxygen atoms in total. The number of rotatable bonds is 4. The van der Waals surface area contributed by atoms with E-state index in [2.05, 4.69) is 29.8 Å². The van der Waals surface area contributed by atoms with E-state index in [0.717, 1.165) is 18.4 Å². The molecule has 92 valence electrons. The van der Waals surface area contributed by atoms with Gasteiger partial charge in [0.15, 0.2) is 0 Å². The highest BCUT2D eigenvalue weighted by atomic mass is 79.9. The van der Waals surface area contributed by atoms with Crippen LogP contribution in [0, 0.1) is 11.7 Å². The maximum absolute atomic E-state index is 13.2. The molecule has 0 amide bonds. The SMILES string of the molecule is CC(C)CC[C@H](N)c1ccc(Br)c(F)c1.Cl. The molecule has 1 rings (SSSR count). The van der Waals surface area contributed by atoms with Crippen molar-refractivity contribution in [3.8, 4) is 0 Å². The highest BCUT2D eigenvalue weighted by molar-refractivity contribution is 9.10. The van der Waals surface area contributed by atoms with Crippen LogP contribution in [0.25, 0.3) is 0 Å². The standard InChI is InChI=1S/C12H17BrFN.ClH/c1-8(2)3-6-12(15)9-4-5-10(13)11(14)7-9;/h4-5,7-8,12H,3,6,15H2,1-2H3;1H/t12-;/m0./s1. The molecule has 0 unspecified atom stereocenters. The number of hydrogen-bond acceptors (Lipinski definition) is 1. The molecule has 0 aromatic heterocycles. The van der Waals surface area contributed by atoms with Crippen LogP contribution in [0.5, 0.6) is 0 Å². The largest absolute Gasteiger partial charge is 0.324 e. The van der Waals surface area contributed by atoms with Gasteiger partial charge in [0.05, 0.1) is 4.47 Å². The maximum atomic E-state index is 13.2. The number of halogens is 3. The van der Waals surface area contributed by atoms with Crippen molar-refractivity contribution in [2.24, 2.45) is 11.7 Å². The highest BCUT2D eigenvalue weighted by Crippen LogP contribution is 2.23. The van der Waals surface area contributed by atoms with E-state index < -0.39 is 0 Å². The molecule has 0 radical (unpaired) electrons. The molecule has 0 aliphatic heterocycles. The lowest BCUT2D eigenvalue weighted by Crippen LogP contribution is -2.11. The molecule has 0 aliphatic carbocycles. The third kappa shape index (κ3) is 4.81. The summed E-state index contributed by atoms with van der Waals surface area (Å²) >= 11 is 3.12. The third-order valence-corrected chi connectivity index (χ3v) is 3.07. The first-order valence-corrected chi connectivity index (χ1v) is 6.00. The summed E-state index contributed by atoms with van der Waals surface area (Å²) in [5.74, 6) is 0.392. The maximum Gasteiger partial charge on any atom is 0.137 e. The van der Waals surface area contributed by atoms with Crippen LogP contribution in [0.2, 0.25) is 0 Å². The molecule has 2 N–H and O–H groups in total. The zero-order chi connectivity index (χ0) is 11.4. The second kappa shape index (κ2) is 7.25. The van der Waals surface area contributed by atoms with Gasteiger partial charge in [-0.15, -0.1) is 12.4 Å². The highest BCUT2D eigenvalue weighted by Gasteiger charge is 2.09. The van der Waals surface area contributed by atoms with Gasteiger partial charge in [0.1, 0.15) is 5.82 Å². The lowest BCUT2D eigenvalue weighted by atomic mass is 9.98. The summed E-state index contributed by atoms with van der Waals surface area (Å²) in [5.41, 5.74) is 6.85. The zero-order valence-electron chi connectivity index (χ0n) is 9.54. The topological polar surface area (TPSA) is 26.0 Å². The van der Waals surface area contributed by atoms with Gasteiger partial charge in [-0.2, -0.15) is 0 Å². The van der Waals surface area contributed by atoms with Gasteiger partial charge in [-0.25, -0.2) is 4.39 Å². The Bertz CT molecular complexity index is 331. The number of nitrogens with two attached hydrogens (primary N) is 1. The normalized spacial score (nSPS) is 12.4. The van der Waals surface area contributed by atoms with E-state index in [1.165, 1.54) is 6.07 Å². The van der Waals surface area contributed by atoms with Crippen molar-refractivity contribution < 1.29 is 4.39 Å². The van der Waals surface area contributed by atoms with Gasteiger partial charge in [-0.1, -0.05) is 19.9 Å². The van der Waals surface area contributed by atoms with Gasteiger partial charge in [-0.05, 0) is 52.4 Å². The summed E-state index contributed by atoms with van der Waals surface area (Å²) in [4.78, 5) is 0. The monoisotopic (exact) mass is 309 g/mol. The van der Waals surface area contributed by atoms with Gasteiger partial charge >= 0.3 is 0 Å². The van der Waals surface area contributed by atoms with Crippen molar-refractivity contribution in [1.29, 1.82) is 0 Å². The summed E-state index contributed by atoms with van der Waals surface area (Å²) < 4.78 is 13.7. The Morgan fingerprint density at radius 1 is 1.31 bits per heavy atom. The van der Waals surface area contributed by atoms with E-state index in [1.54, 1.807) is 6.07 Å². The van der Waals surface area contributed by atoms with Crippen LogP contribution in [0.15, 0.2) is 22.7 Å². The van der Waals surface area contributed by atoms with Gasteiger partial charge < -0.3 is 5.73 Å². The molecule has 0 bridgehead atoms. The fraction of sp³-hybridized carbons (Fsp3) is 0.500. The molecule has 1 atom stereocenters. The molecule has 0 spiro atoms. The molecule has 0 saturated carbocycles. The van der Waals surface area contributed by atoms with Crippen molar-refractivity contribution >= 4 is 28.3 Å². The lowest BCUT2D eigenvalue weighted by molar-refractivity contribution is 0.505. The Kier molecular flexibility index (Phi) is 7.20. The quantitative estimate of drug-likeness (QED) is 0.874. The average Bonchev–Trinajstić information content (AvgIpc) is 2.18. The Hall–Kier alpha value is -0.120. The smallest absolute Gasteiger partial charge is 0.137 e. The van der Waals surface area contributed by atoms with Crippen LogP contribution in [0.4, 0.5) is 4.39 Å². The second-order valence-electron chi connectivity index (χ2n) is 4.25. The summed E-state index contributed by atoms with van der Waals surface area (Å²) in [6.45, 7) is 4.32. The second-order valence-corrected chi connectivity index (χ2v) is 5.11. The molecule has 16 heavy (non-hydrogen) atoms. The van der Waals surface area contributed by atoms with E-state index in [1.807, 2.05) is 6.07 Å². The summed E-state index contributed by atoms with van der Waals surface area (Å²) in [6, 6.07) is 5.03. The minimum absolute atomic E-state index is 0. The van der Waals surface area contributed by atoms with Crippen LogP contribution in [0.3, 0.4) is 0 Å². The average molecular weight is 311 g/mol. The first-order chi connectivity index (χ1) is 7.00. The fourth-order valence-electron chi connectivity index (χ4n) is 1.42. The van der Waals surface area contributed by atoms with Crippen LogP contribution in [-0.2, 0) is 0 Å². The number of benzene rings is 1. The fourth-order valence-corrected chi connectivity index (χ4v) is 1.67. The van der Waals surface area contributed by atoms with Crippen molar-refractivity contribution in [3.63, 3.8) is 0 Å². The molecule has 1 aromatic carbocycles. The Morgan fingerprint density at radius 2 is 1.94 bits per heavy atom. The minimum Gasteiger partial charge on any atom is -0.324 e. The van der Waals surface area contributed by atoms with Gasteiger partial charge in [0.2, 0.25) is 0 Å². The molecule has 0 heterocycles. The summed E-state index contributed by atoms with van der Waals surface area (Å²) in [7, 11) is 0. The van der Waals surface area contributed by atoms with Crippen molar-refractivity contribution in [3.05, 3.63) is 34.1 Å². The van der Waals surface area contributed by atoms with E-state index >= 15 is 0 Å². The van der Waals surface area contributed by atoms with Crippen LogP contribution >= 0.6 is 28.3 Å². The molecule has 0 saturated heterocycles. The first-order valence-electron chi connectivity index (χ1n) is 5.21. The summed E-state index contributed by atoms with van der Waals surface area (Å²) in [6.07, 6.45) is 1.97. The zero-order valence-corrected chi connectivity index (χ0v) is 11.9. The molecule has 4 heteroatoms. The van der Waals surface area contributed by atoms with E-state index in [0.29, 0.717) is 10.4 Å². The lowest BCUT2D eigenvalue weighted by Gasteiger charge is -2.13. The van der Waals surface area contributed by atoms with Crippen LogP contribution < -0.4 is 5.73 Å². The molecule has 1 aromatic rings. The molecular formula is C12H18BrClFN. The van der Waals surface area contributed by atoms with Crippen molar-refractivity contribution in [2.45, 2.75) is 32.7 Å². The Labute approximate surface area is 111 Å². The Balaban J connectivity index is 0.00000225. The predicted molar refractivity (Wildman–Crippen MR) is 72.3 cm³/mol. The van der Waals surface area contributed by atoms with E-state index in [4.69, 9.17) is 5.73 Å². The molecule has 0 fully saturated rings. The van der Waals surface area contributed by atoms with Gasteiger partial charge in [0, 0.05) is 6.04 Å². The molecular weight excluding hydrogens is 292 g/mol. The van der Waals surface area contributed by atoms with Crippen molar-refractivity contribution in [2.75, 3.05) is 0 Å².